The molecule has 1 atom stereocenters. The number of hydrazine groups is 1. The topological polar surface area (TPSA) is 107 Å². The first-order valence-corrected chi connectivity index (χ1v) is 13.3. The summed E-state index contributed by atoms with van der Waals surface area (Å²) in [4.78, 5) is 32.0. The van der Waals surface area contributed by atoms with E-state index in [1.165, 1.54) is 17.1 Å². The number of carbonyl (C=O) groups is 2. The highest BCUT2D eigenvalue weighted by atomic mass is 35.5. The van der Waals surface area contributed by atoms with Crippen molar-refractivity contribution in [3.63, 3.8) is 0 Å². The number of nitrogens with zero attached hydrogens (tertiary/aromatic N) is 2. The SMILES string of the molecule is CCOC(=O)C1=C(N)N(Nc2ccc(F)cc2)C2=C(C(=O)CC(C)(C)C2)C1c1cc2cc(OC)ccc2nc1Cl. The second kappa shape index (κ2) is 10.5. The molecule has 3 aromatic rings. The second-order valence-electron chi connectivity index (χ2n) is 10.6. The van der Waals surface area contributed by atoms with E-state index in [4.69, 9.17) is 26.8 Å². The number of nitrogens with two attached hydrogens (primary N) is 1. The van der Waals surface area contributed by atoms with E-state index in [-0.39, 0.29) is 40.8 Å². The highest BCUT2D eigenvalue weighted by Gasteiger charge is 2.47. The van der Waals surface area contributed by atoms with Crippen LogP contribution in [0.1, 0.15) is 45.1 Å². The predicted molar refractivity (Wildman–Crippen MR) is 151 cm³/mol. The third-order valence-corrected chi connectivity index (χ3v) is 7.46. The molecule has 2 aliphatic rings. The molecular formula is C30H30ClFN4O4. The van der Waals surface area contributed by atoms with Gasteiger partial charge in [0.2, 0.25) is 0 Å². The number of carbonyl (C=O) groups excluding carboxylic acids is 2. The fraction of sp³-hybridized carbons (Fsp3) is 0.300. The van der Waals surface area contributed by atoms with E-state index < -0.39 is 17.7 Å². The Morgan fingerprint density at radius 3 is 2.60 bits per heavy atom. The number of anilines is 1. The number of methoxy groups -OCH3 is 1. The Bertz CT molecular complexity index is 1580. The molecule has 0 bridgehead atoms. The molecule has 10 heteroatoms. The van der Waals surface area contributed by atoms with Crippen molar-refractivity contribution in [3.8, 4) is 5.75 Å². The molecule has 0 amide bonds. The molecule has 1 unspecified atom stereocenters. The van der Waals surface area contributed by atoms with Crippen molar-refractivity contribution in [1.82, 2.24) is 9.99 Å². The van der Waals surface area contributed by atoms with Gasteiger partial charge in [-0.2, -0.15) is 0 Å². The van der Waals surface area contributed by atoms with Crippen molar-refractivity contribution in [2.45, 2.75) is 39.5 Å². The Morgan fingerprint density at radius 1 is 1.20 bits per heavy atom. The fourth-order valence-electron chi connectivity index (χ4n) is 5.39. The molecule has 5 rings (SSSR count). The molecule has 40 heavy (non-hydrogen) atoms. The maximum atomic E-state index is 13.9. The number of ketones is 1. The van der Waals surface area contributed by atoms with Gasteiger partial charge in [-0.1, -0.05) is 25.4 Å². The predicted octanol–water partition coefficient (Wildman–Crippen LogP) is 5.84. The molecule has 1 aromatic heterocycles. The van der Waals surface area contributed by atoms with E-state index in [1.807, 2.05) is 26.0 Å². The molecule has 0 spiro atoms. The van der Waals surface area contributed by atoms with Gasteiger partial charge in [0.05, 0.1) is 42.1 Å². The number of nitrogens with one attached hydrogen (secondary N) is 1. The summed E-state index contributed by atoms with van der Waals surface area (Å²) >= 11 is 6.76. The Kier molecular flexibility index (Phi) is 7.18. The lowest BCUT2D eigenvalue weighted by Crippen LogP contribution is -2.45. The summed E-state index contributed by atoms with van der Waals surface area (Å²) in [5.41, 5.74) is 12.2. The van der Waals surface area contributed by atoms with Crippen molar-refractivity contribution in [3.05, 3.63) is 87.7 Å². The van der Waals surface area contributed by atoms with Gasteiger partial charge >= 0.3 is 5.97 Å². The lowest BCUT2D eigenvalue weighted by atomic mass is 9.69. The third kappa shape index (κ3) is 4.97. The molecule has 8 nitrogen and oxygen atoms in total. The number of Topliss-reactive ketones (excluding diaryl/α,β-unsaturated/α-hetero) is 1. The van der Waals surface area contributed by atoms with Crippen LogP contribution in [0.5, 0.6) is 5.75 Å². The van der Waals surface area contributed by atoms with Gasteiger partial charge in [-0.15, -0.1) is 0 Å². The largest absolute Gasteiger partial charge is 0.497 e. The third-order valence-electron chi connectivity index (χ3n) is 7.15. The van der Waals surface area contributed by atoms with Crippen molar-refractivity contribution < 1.29 is 23.5 Å². The van der Waals surface area contributed by atoms with Crippen LogP contribution >= 0.6 is 11.6 Å². The monoisotopic (exact) mass is 564 g/mol. The summed E-state index contributed by atoms with van der Waals surface area (Å²) in [5.74, 6) is -1.46. The van der Waals surface area contributed by atoms with Crippen LogP contribution < -0.4 is 15.9 Å². The molecule has 0 saturated heterocycles. The van der Waals surface area contributed by atoms with Crippen molar-refractivity contribution in [2.75, 3.05) is 19.1 Å². The number of halogens is 2. The first kappa shape index (κ1) is 27.5. The lowest BCUT2D eigenvalue weighted by molar-refractivity contribution is -0.139. The van der Waals surface area contributed by atoms with E-state index >= 15 is 0 Å². The van der Waals surface area contributed by atoms with Crippen molar-refractivity contribution in [1.29, 1.82) is 0 Å². The lowest BCUT2D eigenvalue weighted by Gasteiger charge is -2.44. The van der Waals surface area contributed by atoms with Crippen LogP contribution in [0.25, 0.3) is 10.9 Å². The number of allylic oxidation sites excluding steroid dienone is 2. The normalized spacial score (nSPS) is 18.6. The smallest absolute Gasteiger partial charge is 0.338 e. The maximum absolute atomic E-state index is 13.9. The van der Waals surface area contributed by atoms with E-state index in [9.17, 15) is 14.0 Å². The van der Waals surface area contributed by atoms with E-state index in [0.29, 0.717) is 40.2 Å². The number of pyridine rings is 1. The van der Waals surface area contributed by atoms with Crippen LogP contribution in [0, 0.1) is 11.2 Å². The summed E-state index contributed by atoms with van der Waals surface area (Å²) in [6.45, 7) is 5.78. The van der Waals surface area contributed by atoms with Gasteiger partial charge in [-0.25, -0.2) is 19.2 Å². The standard InChI is InChI=1S/C30H30ClFN4O4/c1-5-40-29(38)26-24(20-13-16-12-19(39-4)10-11-21(16)34-27(20)31)25-22(14-30(2,3)15-23(25)37)36(28(26)33)35-18-8-6-17(32)7-9-18/h6-13,24,35H,5,14-15,33H2,1-4H3. The van der Waals surface area contributed by atoms with Crippen LogP contribution in [0.2, 0.25) is 5.15 Å². The molecule has 1 aliphatic heterocycles. The zero-order valence-electron chi connectivity index (χ0n) is 22.7. The molecule has 2 heterocycles. The van der Waals surface area contributed by atoms with Gasteiger partial charge in [-0.3, -0.25) is 10.2 Å². The van der Waals surface area contributed by atoms with Gasteiger partial charge in [0.15, 0.2) is 5.78 Å². The first-order valence-electron chi connectivity index (χ1n) is 12.9. The van der Waals surface area contributed by atoms with Crippen LogP contribution in [0.4, 0.5) is 10.1 Å². The van der Waals surface area contributed by atoms with Gasteiger partial charge in [-0.05, 0) is 67.3 Å². The number of benzene rings is 2. The summed E-state index contributed by atoms with van der Waals surface area (Å²) in [6, 6.07) is 12.9. The Morgan fingerprint density at radius 2 is 1.93 bits per heavy atom. The van der Waals surface area contributed by atoms with Crippen molar-refractivity contribution in [2.24, 2.45) is 11.1 Å². The van der Waals surface area contributed by atoms with Gasteiger partial charge < -0.3 is 15.2 Å². The average molecular weight is 565 g/mol. The highest BCUT2D eigenvalue weighted by Crippen LogP contribution is 2.50. The van der Waals surface area contributed by atoms with Crippen LogP contribution in [-0.2, 0) is 14.3 Å². The molecule has 0 fully saturated rings. The Balaban J connectivity index is 1.77. The molecule has 0 radical (unpaired) electrons. The molecule has 3 N–H and O–H groups in total. The summed E-state index contributed by atoms with van der Waals surface area (Å²) < 4.78 is 24.5. The minimum Gasteiger partial charge on any atom is -0.497 e. The van der Waals surface area contributed by atoms with Gasteiger partial charge in [0.25, 0.3) is 0 Å². The summed E-state index contributed by atoms with van der Waals surface area (Å²) in [5, 5.41) is 2.40. The maximum Gasteiger partial charge on any atom is 0.338 e. The molecular weight excluding hydrogens is 535 g/mol. The zero-order valence-corrected chi connectivity index (χ0v) is 23.4. The highest BCUT2D eigenvalue weighted by molar-refractivity contribution is 6.31. The number of ether oxygens (including phenoxy) is 2. The average Bonchev–Trinajstić information content (AvgIpc) is 2.90. The number of rotatable bonds is 6. The Hall–Kier alpha value is -4.11. The van der Waals surface area contributed by atoms with E-state index in [0.717, 1.165) is 5.39 Å². The van der Waals surface area contributed by atoms with Crippen LogP contribution in [-0.4, -0.2) is 35.5 Å². The van der Waals surface area contributed by atoms with E-state index in [2.05, 4.69) is 10.4 Å². The number of esters is 1. The molecule has 0 saturated carbocycles. The minimum absolute atomic E-state index is 0.0545. The summed E-state index contributed by atoms with van der Waals surface area (Å²) in [6.07, 6.45) is 0.733. The number of hydrogen-bond acceptors (Lipinski definition) is 8. The van der Waals surface area contributed by atoms with E-state index in [1.54, 1.807) is 38.3 Å². The number of aromatic nitrogens is 1. The Labute approximate surface area is 236 Å². The number of fused-ring (bicyclic) bond motifs is 1. The summed E-state index contributed by atoms with van der Waals surface area (Å²) in [7, 11) is 1.57. The quantitative estimate of drug-likeness (QED) is 0.284. The first-order chi connectivity index (χ1) is 19.0. The fourth-order valence-corrected chi connectivity index (χ4v) is 5.64. The molecule has 2 aromatic carbocycles. The number of hydrogen-bond donors (Lipinski definition) is 2. The second-order valence-corrected chi connectivity index (χ2v) is 11.0. The zero-order chi connectivity index (χ0) is 28.8. The molecule has 1 aliphatic carbocycles. The van der Waals surface area contributed by atoms with Gasteiger partial charge in [0, 0.05) is 22.9 Å². The van der Waals surface area contributed by atoms with Crippen LogP contribution in [0.3, 0.4) is 0 Å². The minimum atomic E-state index is -0.917. The molecule has 208 valence electrons. The van der Waals surface area contributed by atoms with Crippen LogP contribution in [0.15, 0.2) is 71.2 Å². The van der Waals surface area contributed by atoms with Gasteiger partial charge in [0.1, 0.15) is 22.5 Å². The van der Waals surface area contributed by atoms with Crippen molar-refractivity contribution >= 4 is 39.9 Å².